The lowest BCUT2D eigenvalue weighted by atomic mass is 10.1. The van der Waals surface area contributed by atoms with Crippen molar-refractivity contribution in [1.29, 1.82) is 0 Å². The fourth-order valence-electron chi connectivity index (χ4n) is 1.36. The molecule has 0 aliphatic carbocycles. The molecule has 0 saturated carbocycles. The van der Waals surface area contributed by atoms with Crippen molar-refractivity contribution in [2.75, 3.05) is 6.61 Å². The molecule has 0 fully saturated rings. The van der Waals surface area contributed by atoms with Crippen molar-refractivity contribution < 1.29 is 9.84 Å². The summed E-state index contributed by atoms with van der Waals surface area (Å²) in [7, 11) is 0. The zero-order chi connectivity index (χ0) is 11.3. The largest absolute Gasteiger partial charge is 0.490 e. The molecule has 1 unspecified atom stereocenters. The second kappa shape index (κ2) is 6.13. The average molecular weight is 273 g/mol. The Kier molecular flexibility index (Phi) is 5.12. The Morgan fingerprint density at radius 2 is 2.00 bits per heavy atom. The van der Waals surface area contributed by atoms with E-state index in [9.17, 15) is 5.11 Å². The summed E-state index contributed by atoms with van der Waals surface area (Å²) in [5.74, 6) is 1.27. The smallest absolute Gasteiger partial charge is 0.133 e. The maximum atomic E-state index is 9.63. The summed E-state index contributed by atoms with van der Waals surface area (Å²) >= 11 is 3.39. The summed E-state index contributed by atoms with van der Waals surface area (Å²) in [6.45, 7) is 4.52. The first-order chi connectivity index (χ1) is 7.09. The van der Waals surface area contributed by atoms with Crippen LogP contribution < -0.4 is 4.74 Å². The predicted molar refractivity (Wildman–Crippen MR) is 65.1 cm³/mol. The Bertz CT molecular complexity index is 299. The van der Waals surface area contributed by atoms with E-state index in [1.165, 1.54) is 0 Å². The quantitative estimate of drug-likeness (QED) is 0.892. The highest BCUT2D eigenvalue weighted by atomic mass is 79.9. The van der Waals surface area contributed by atoms with Crippen molar-refractivity contribution in [3.05, 3.63) is 28.7 Å². The van der Waals surface area contributed by atoms with Crippen LogP contribution >= 0.6 is 15.9 Å². The summed E-state index contributed by atoms with van der Waals surface area (Å²) in [5, 5.41) is 9.63. The van der Waals surface area contributed by atoms with Crippen molar-refractivity contribution in [3.8, 4) is 5.75 Å². The van der Waals surface area contributed by atoms with Crippen LogP contribution in [-0.4, -0.2) is 17.8 Å². The molecule has 0 bridgehead atoms. The highest BCUT2D eigenvalue weighted by molar-refractivity contribution is 9.10. The number of halogens is 1. The number of para-hydroxylation sites is 1. The lowest BCUT2D eigenvalue weighted by molar-refractivity contribution is 0.0889. The van der Waals surface area contributed by atoms with E-state index in [2.05, 4.69) is 29.8 Å². The van der Waals surface area contributed by atoms with Gasteiger partial charge in [0.2, 0.25) is 0 Å². The first-order valence-corrected chi connectivity index (χ1v) is 5.94. The summed E-state index contributed by atoms with van der Waals surface area (Å²) in [4.78, 5) is 0. The van der Waals surface area contributed by atoms with Gasteiger partial charge in [-0.05, 0) is 40.4 Å². The van der Waals surface area contributed by atoms with Gasteiger partial charge in [0.05, 0.1) is 10.6 Å². The Labute approximate surface area is 99.4 Å². The molecule has 1 aromatic rings. The van der Waals surface area contributed by atoms with Crippen LogP contribution in [-0.2, 0) is 0 Å². The Balaban J connectivity index is 2.40. The van der Waals surface area contributed by atoms with Crippen molar-refractivity contribution >= 4 is 15.9 Å². The van der Waals surface area contributed by atoms with Crippen LogP contribution in [0.2, 0.25) is 0 Å². The lowest BCUT2D eigenvalue weighted by Crippen LogP contribution is -2.19. The number of ether oxygens (including phenoxy) is 1. The fraction of sp³-hybridized carbons (Fsp3) is 0.500. The molecule has 1 atom stereocenters. The molecular weight excluding hydrogens is 256 g/mol. The van der Waals surface area contributed by atoms with Crippen molar-refractivity contribution in [2.45, 2.75) is 26.4 Å². The summed E-state index contributed by atoms with van der Waals surface area (Å²) < 4.78 is 6.42. The minimum atomic E-state index is -0.392. The van der Waals surface area contributed by atoms with Crippen molar-refractivity contribution in [3.63, 3.8) is 0 Å². The first-order valence-electron chi connectivity index (χ1n) is 5.15. The van der Waals surface area contributed by atoms with Gasteiger partial charge in [-0.1, -0.05) is 26.0 Å². The van der Waals surface area contributed by atoms with Gasteiger partial charge in [-0.15, -0.1) is 0 Å². The van der Waals surface area contributed by atoms with Crippen molar-refractivity contribution in [2.24, 2.45) is 5.92 Å². The molecule has 0 amide bonds. The molecule has 0 aliphatic heterocycles. The van der Waals surface area contributed by atoms with E-state index in [-0.39, 0.29) is 0 Å². The van der Waals surface area contributed by atoms with E-state index in [1.54, 1.807) is 0 Å². The number of aliphatic hydroxyl groups excluding tert-OH is 1. The first kappa shape index (κ1) is 12.5. The van der Waals surface area contributed by atoms with Gasteiger partial charge in [0.15, 0.2) is 0 Å². The van der Waals surface area contributed by atoms with E-state index in [4.69, 9.17) is 4.74 Å². The second-order valence-electron chi connectivity index (χ2n) is 4.02. The van der Waals surface area contributed by atoms with Gasteiger partial charge in [-0.2, -0.15) is 0 Å². The van der Waals surface area contributed by atoms with Gasteiger partial charge < -0.3 is 9.84 Å². The lowest BCUT2D eigenvalue weighted by Gasteiger charge is -2.14. The van der Waals surface area contributed by atoms with E-state index < -0.39 is 6.10 Å². The Morgan fingerprint density at radius 3 is 2.60 bits per heavy atom. The minimum Gasteiger partial charge on any atom is -0.490 e. The minimum absolute atomic E-state index is 0.348. The van der Waals surface area contributed by atoms with Gasteiger partial charge in [0, 0.05) is 0 Å². The van der Waals surface area contributed by atoms with E-state index in [0.29, 0.717) is 12.5 Å². The number of benzene rings is 1. The number of rotatable bonds is 5. The highest BCUT2D eigenvalue weighted by Gasteiger charge is 2.08. The molecule has 0 saturated heterocycles. The van der Waals surface area contributed by atoms with Gasteiger partial charge in [-0.3, -0.25) is 0 Å². The fourth-order valence-corrected chi connectivity index (χ4v) is 1.76. The molecule has 1 N–H and O–H groups in total. The Hall–Kier alpha value is -0.540. The molecule has 0 heterocycles. The summed E-state index contributed by atoms with van der Waals surface area (Å²) in [6.07, 6.45) is 0.377. The molecule has 84 valence electrons. The molecule has 3 heteroatoms. The molecule has 0 aliphatic rings. The van der Waals surface area contributed by atoms with Gasteiger partial charge >= 0.3 is 0 Å². The van der Waals surface area contributed by atoms with E-state index in [0.717, 1.165) is 16.6 Å². The normalized spacial score (nSPS) is 12.9. The number of aliphatic hydroxyl groups is 1. The van der Waals surface area contributed by atoms with Crippen LogP contribution in [0, 0.1) is 5.92 Å². The molecule has 1 rings (SSSR count). The maximum absolute atomic E-state index is 9.63. The topological polar surface area (TPSA) is 29.5 Å². The van der Waals surface area contributed by atoms with E-state index >= 15 is 0 Å². The third kappa shape index (κ3) is 4.67. The van der Waals surface area contributed by atoms with Gasteiger partial charge in [0.1, 0.15) is 12.4 Å². The highest BCUT2D eigenvalue weighted by Crippen LogP contribution is 2.24. The third-order valence-electron chi connectivity index (χ3n) is 2.01. The van der Waals surface area contributed by atoms with Gasteiger partial charge in [0.25, 0.3) is 0 Å². The molecule has 0 spiro atoms. The molecule has 15 heavy (non-hydrogen) atoms. The molecule has 0 aromatic heterocycles. The summed E-state index contributed by atoms with van der Waals surface area (Å²) in [5.41, 5.74) is 0. The van der Waals surface area contributed by atoms with Crippen LogP contribution in [0.15, 0.2) is 28.7 Å². The molecule has 2 nitrogen and oxygen atoms in total. The van der Waals surface area contributed by atoms with Crippen LogP contribution in [0.3, 0.4) is 0 Å². The molecular formula is C12H17BrO2. The molecule has 0 radical (unpaired) electrons. The number of hydrogen-bond donors (Lipinski definition) is 1. The third-order valence-corrected chi connectivity index (χ3v) is 2.67. The zero-order valence-electron chi connectivity index (χ0n) is 9.11. The van der Waals surface area contributed by atoms with Crippen LogP contribution in [0.4, 0.5) is 0 Å². The maximum Gasteiger partial charge on any atom is 0.133 e. The monoisotopic (exact) mass is 272 g/mol. The van der Waals surface area contributed by atoms with Gasteiger partial charge in [-0.25, -0.2) is 0 Å². The van der Waals surface area contributed by atoms with Crippen LogP contribution in [0.25, 0.3) is 0 Å². The Morgan fingerprint density at radius 1 is 1.33 bits per heavy atom. The van der Waals surface area contributed by atoms with Crippen LogP contribution in [0.1, 0.15) is 20.3 Å². The van der Waals surface area contributed by atoms with E-state index in [1.807, 2.05) is 24.3 Å². The zero-order valence-corrected chi connectivity index (χ0v) is 10.7. The predicted octanol–water partition coefficient (Wildman–Crippen LogP) is 3.23. The average Bonchev–Trinajstić information content (AvgIpc) is 2.15. The standard InChI is InChI=1S/C12H17BrO2/c1-9(2)7-10(14)8-15-12-6-4-3-5-11(12)13/h3-6,9-10,14H,7-8H2,1-2H3. The van der Waals surface area contributed by atoms with Crippen LogP contribution in [0.5, 0.6) is 5.75 Å². The second-order valence-corrected chi connectivity index (χ2v) is 4.88. The number of hydrogen-bond acceptors (Lipinski definition) is 2. The molecule has 1 aromatic carbocycles. The SMILES string of the molecule is CC(C)CC(O)COc1ccccc1Br. The summed E-state index contributed by atoms with van der Waals surface area (Å²) in [6, 6.07) is 7.65. The van der Waals surface area contributed by atoms with Crippen molar-refractivity contribution in [1.82, 2.24) is 0 Å².